The fourth-order valence-electron chi connectivity index (χ4n) is 7.10. The average molecular weight is 594 g/mol. The number of nitrogens with zero attached hydrogens (tertiary/aromatic N) is 3. The van der Waals surface area contributed by atoms with Gasteiger partial charge in [0, 0.05) is 44.6 Å². The summed E-state index contributed by atoms with van der Waals surface area (Å²) in [6, 6.07) is 10.2. The molecule has 42 heavy (non-hydrogen) atoms. The van der Waals surface area contributed by atoms with E-state index in [4.69, 9.17) is 30.8 Å². The maximum absolute atomic E-state index is 14.8. The first-order valence-corrected chi connectivity index (χ1v) is 14.8. The molecule has 3 aliphatic heterocycles. The molecule has 1 saturated carbocycles. The number of ether oxygens (including phenoxy) is 3. The highest BCUT2D eigenvalue weighted by Crippen LogP contribution is 2.62. The summed E-state index contributed by atoms with van der Waals surface area (Å²) in [7, 11) is 1.68. The van der Waals surface area contributed by atoms with Crippen LogP contribution in [0.2, 0.25) is 5.02 Å². The number of aliphatic carboxylic acids is 1. The number of piperidine rings is 1. The van der Waals surface area contributed by atoms with Crippen LogP contribution in [0.15, 0.2) is 65.2 Å². The molecule has 4 atom stereocenters. The number of methoxy groups -OCH3 is 1. The van der Waals surface area contributed by atoms with E-state index in [1.54, 1.807) is 32.2 Å². The Hall–Kier alpha value is -3.56. The highest BCUT2D eigenvalue weighted by Gasteiger charge is 2.60. The Bertz CT molecular complexity index is 1530. The molecule has 1 saturated heterocycles. The second-order valence-corrected chi connectivity index (χ2v) is 12.4. The molecular weight excluding hydrogens is 561 g/mol. The van der Waals surface area contributed by atoms with Gasteiger partial charge in [0.15, 0.2) is 11.5 Å². The van der Waals surface area contributed by atoms with Gasteiger partial charge in [0.2, 0.25) is 0 Å². The van der Waals surface area contributed by atoms with Crippen molar-refractivity contribution in [2.75, 3.05) is 38.3 Å². The van der Waals surface area contributed by atoms with Gasteiger partial charge in [0.05, 0.1) is 35.5 Å². The lowest BCUT2D eigenvalue weighted by molar-refractivity contribution is -0.132. The van der Waals surface area contributed by atoms with Gasteiger partial charge in [-0.1, -0.05) is 23.7 Å². The van der Waals surface area contributed by atoms with Crippen molar-refractivity contribution < 1.29 is 28.5 Å². The van der Waals surface area contributed by atoms with Gasteiger partial charge in [0.1, 0.15) is 11.7 Å². The van der Waals surface area contributed by atoms with E-state index in [-0.39, 0.29) is 17.5 Å². The number of halogens is 2. The highest BCUT2D eigenvalue weighted by atomic mass is 35.5. The van der Waals surface area contributed by atoms with E-state index in [1.165, 1.54) is 6.07 Å². The molecule has 2 aliphatic carbocycles. The number of benzene rings is 2. The first-order chi connectivity index (χ1) is 20.2. The largest absolute Gasteiger partial charge is 0.478 e. The van der Waals surface area contributed by atoms with Crippen molar-refractivity contribution in [3.63, 3.8) is 0 Å². The smallest absolute Gasteiger partial charge is 0.335 e. The SMILES string of the molecule is COCCN1C(C2CC23CCN(c2cccc4c2OC(C)(c2ccc(Cl)cc2F)O4)CC3)=NC2C=CC(C(=O)O)=CC21. The summed E-state index contributed by atoms with van der Waals surface area (Å²) in [5.74, 6) is -0.0413. The third-order valence-electron chi connectivity index (χ3n) is 9.47. The molecule has 0 aromatic heterocycles. The van der Waals surface area contributed by atoms with E-state index >= 15 is 0 Å². The first kappa shape index (κ1) is 27.3. The Morgan fingerprint density at radius 1 is 1.24 bits per heavy atom. The number of anilines is 1. The molecule has 1 spiro atoms. The first-order valence-electron chi connectivity index (χ1n) is 14.4. The van der Waals surface area contributed by atoms with E-state index in [1.807, 2.05) is 30.4 Å². The molecule has 2 aromatic rings. The molecule has 2 fully saturated rings. The second-order valence-electron chi connectivity index (χ2n) is 11.9. The normalized spacial score (nSPS) is 28.5. The van der Waals surface area contributed by atoms with E-state index in [0.29, 0.717) is 46.7 Å². The summed E-state index contributed by atoms with van der Waals surface area (Å²) < 4.78 is 32.7. The Kier molecular flexibility index (Phi) is 6.51. The minimum atomic E-state index is -1.29. The van der Waals surface area contributed by atoms with Crippen LogP contribution in [0.1, 0.15) is 31.7 Å². The van der Waals surface area contributed by atoms with Crippen molar-refractivity contribution in [2.45, 2.75) is 44.1 Å². The van der Waals surface area contributed by atoms with Crippen LogP contribution in [0.3, 0.4) is 0 Å². The molecule has 220 valence electrons. The third-order valence-corrected chi connectivity index (χ3v) is 9.71. The quantitative estimate of drug-likeness (QED) is 0.460. The zero-order valence-electron chi connectivity index (χ0n) is 23.6. The number of carboxylic acid groups (broad SMARTS) is 1. The van der Waals surface area contributed by atoms with Crippen LogP contribution < -0.4 is 14.4 Å². The van der Waals surface area contributed by atoms with Gasteiger partial charge < -0.3 is 29.1 Å². The summed E-state index contributed by atoms with van der Waals surface area (Å²) in [6.45, 7) is 4.65. The average Bonchev–Trinajstić information content (AvgIpc) is 3.34. The van der Waals surface area contributed by atoms with Gasteiger partial charge in [-0.2, -0.15) is 0 Å². The van der Waals surface area contributed by atoms with Gasteiger partial charge in [-0.15, -0.1) is 0 Å². The molecule has 10 heteroatoms. The predicted molar refractivity (Wildman–Crippen MR) is 157 cm³/mol. The summed E-state index contributed by atoms with van der Waals surface area (Å²) in [4.78, 5) is 21.3. The number of fused-ring (bicyclic) bond motifs is 2. The number of hydrogen-bond donors (Lipinski definition) is 1. The Balaban J connectivity index is 1.07. The topological polar surface area (TPSA) is 83.8 Å². The van der Waals surface area contributed by atoms with Crippen molar-refractivity contribution >= 4 is 29.1 Å². The molecule has 4 unspecified atom stereocenters. The summed E-state index contributed by atoms with van der Waals surface area (Å²) in [6.07, 6.45) is 8.50. The summed E-state index contributed by atoms with van der Waals surface area (Å²) >= 11 is 5.97. The molecule has 0 bridgehead atoms. The second kappa shape index (κ2) is 10.0. The molecule has 5 aliphatic rings. The van der Waals surface area contributed by atoms with Gasteiger partial charge in [-0.3, -0.25) is 4.99 Å². The number of hydrogen-bond acceptors (Lipinski definition) is 7. The lowest BCUT2D eigenvalue weighted by Gasteiger charge is -2.36. The van der Waals surface area contributed by atoms with Crippen LogP contribution in [0, 0.1) is 17.2 Å². The number of para-hydroxylation sites is 1. The van der Waals surface area contributed by atoms with Crippen molar-refractivity contribution in [2.24, 2.45) is 16.3 Å². The van der Waals surface area contributed by atoms with E-state index in [0.717, 1.165) is 43.9 Å². The molecule has 7 rings (SSSR count). The Morgan fingerprint density at radius 2 is 2.05 bits per heavy atom. The molecule has 3 heterocycles. The standard InChI is InChI=1S/C32H33ClFN3O5/c1-31(21-8-7-20(33)17-23(21)34)41-27-5-3-4-25(28(27)42-31)36-12-10-32(11-13-36)18-22(32)29-35-24-9-6-19(30(38)39)16-26(24)37(29)14-15-40-2/h3-9,16-17,22,24,26H,10-15,18H2,1-2H3,(H,38,39). The van der Waals surface area contributed by atoms with E-state index in [2.05, 4.69) is 9.80 Å². The molecule has 8 nitrogen and oxygen atoms in total. The lowest BCUT2D eigenvalue weighted by atomic mass is 9.90. The lowest BCUT2D eigenvalue weighted by Crippen LogP contribution is -2.43. The number of rotatable bonds is 7. The highest BCUT2D eigenvalue weighted by molar-refractivity contribution is 6.30. The predicted octanol–water partition coefficient (Wildman–Crippen LogP) is 5.41. The minimum absolute atomic E-state index is 0.0680. The maximum Gasteiger partial charge on any atom is 0.335 e. The van der Waals surface area contributed by atoms with Gasteiger partial charge in [-0.25, -0.2) is 9.18 Å². The van der Waals surface area contributed by atoms with Crippen molar-refractivity contribution in [3.05, 3.63) is 76.6 Å². The molecule has 0 amide bonds. The van der Waals surface area contributed by atoms with Crippen LogP contribution in [-0.2, 0) is 15.3 Å². The third kappa shape index (κ3) is 4.45. The molecule has 1 N–H and O–H groups in total. The van der Waals surface area contributed by atoms with Gasteiger partial charge in [0.25, 0.3) is 5.79 Å². The van der Waals surface area contributed by atoms with E-state index in [9.17, 15) is 14.3 Å². The summed E-state index contributed by atoms with van der Waals surface area (Å²) in [5, 5.41) is 9.87. The van der Waals surface area contributed by atoms with Gasteiger partial charge in [-0.05, 0) is 67.2 Å². The fraction of sp³-hybridized carbons (Fsp3) is 0.438. The van der Waals surface area contributed by atoms with Crippen LogP contribution in [0.4, 0.5) is 10.1 Å². The molecule has 0 radical (unpaired) electrons. The maximum atomic E-state index is 14.8. The fourth-order valence-corrected chi connectivity index (χ4v) is 7.26. The number of carboxylic acids is 1. The van der Waals surface area contributed by atoms with Crippen LogP contribution in [0.5, 0.6) is 11.5 Å². The molecule has 2 aromatic carbocycles. The Labute approximate surface area is 249 Å². The van der Waals surface area contributed by atoms with Crippen molar-refractivity contribution in [1.82, 2.24) is 4.90 Å². The van der Waals surface area contributed by atoms with Gasteiger partial charge >= 0.3 is 5.97 Å². The van der Waals surface area contributed by atoms with Crippen molar-refractivity contribution in [1.29, 1.82) is 0 Å². The summed E-state index contributed by atoms with van der Waals surface area (Å²) in [5.41, 5.74) is 1.72. The molecular formula is C32H33ClFN3O5. The zero-order valence-corrected chi connectivity index (χ0v) is 24.3. The van der Waals surface area contributed by atoms with Crippen LogP contribution in [-0.4, -0.2) is 67.2 Å². The monoisotopic (exact) mass is 593 g/mol. The van der Waals surface area contributed by atoms with Crippen LogP contribution >= 0.6 is 11.6 Å². The number of carbonyl (C=O) groups is 1. The zero-order chi connectivity index (χ0) is 29.2. The number of aliphatic imine (C=N–C) groups is 1. The van der Waals surface area contributed by atoms with Crippen molar-refractivity contribution in [3.8, 4) is 11.5 Å². The Morgan fingerprint density at radius 3 is 2.79 bits per heavy atom. The number of amidine groups is 1. The minimum Gasteiger partial charge on any atom is -0.478 e. The van der Waals surface area contributed by atoms with E-state index < -0.39 is 17.6 Å². The van der Waals surface area contributed by atoms with Crippen LogP contribution in [0.25, 0.3) is 0 Å².